The third kappa shape index (κ3) is 4.26. The molecule has 0 amide bonds. The number of imidazole rings is 1. The quantitative estimate of drug-likeness (QED) is 0.440. The van der Waals surface area contributed by atoms with E-state index in [0.29, 0.717) is 25.3 Å². The zero-order chi connectivity index (χ0) is 22.8. The average molecular weight is 443 g/mol. The summed E-state index contributed by atoms with van der Waals surface area (Å²) in [4.78, 5) is 20.7. The van der Waals surface area contributed by atoms with E-state index in [-0.39, 0.29) is 11.8 Å². The Morgan fingerprint density at radius 1 is 1.09 bits per heavy atom. The molecule has 0 unspecified atom stereocenters. The van der Waals surface area contributed by atoms with Crippen molar-refractivity contribution in [3.63, 3.8) is 0 Å². The van der Waals surface area contributed by atoms with Gasteiger partial charge in [-0.25, -0.2) is 9.97 Å². The molecular weight excluding hydrogens is 416 g/mol. The van der Waals surface area contributed by atoms with Crippen LogP contribution in [0.4, 0.5) is 5.82 Å². The molecule has 1 aliphatic rings. The maximum Gasteiger partial charge on any atom is 0.306 e. The Kier molecular flexibility index (Phi) is 5.69. The number of carboxylic acid groups (broad SMARTS) is 1. The molecule has 0 bridgehead atoms. The largest absolute Gasteiger partial charge is 0.489 e. The lowest BCUT2D eigenvalue weighted by Gasteiger charge is -2.25. The van der Waals surface area contributed by atoms with Crippen LogP contribution < -0.4 is 10.5 Å². The van der Waals surface area contributed by atoms with Crippen LogP contribution in [0.25, 0.3) is 16.8 Å². The number of carbonyl (C=O) groups is 1. The second kappa shape index (κ2) is 8.94. The van der Waals surface area contributed by atoms with Gasteiger partial charge in [-0.2, -0.15) is 0 Å². The van der Waals surface area contributed by atoms with Gasteiger partial charge in [-0.3, -0.25) is 9.20 Å². The number of nitrogen functional groups attached to an aromatic ring is 1. The van der Waals surface area contributed by atoms with Gasteiger partial charge in [0.05, 0.1) is 5.92 Å². The number of aromatic nitrogens is 3. The number of nitrogens with two attached hydrogens (primary N) is 1. The lowest BCUT2D eigenvalue weighted by atomic mass is 9.81. The summed E-state index contributed by atoms with van der Waals surface area (Å²) in [6, 6.07) is 17.9. The van der Waals surface area contributed by atoms with Gasteiger partial charge in [-0.1, -0.05) is 42.5 Å². The summed E-state index contributed by atoms with van der Waals surface area (Å²) < 4.78 is 8.03. The van der Waals surface area contributed by atoms with E-state index in [1.54, 1.807) is 6.20 Å². The fraction of sp³-hybridized carbons (Fsp3) is 0.269. The van der Waals surface area contributed by atoms with Crippen LogP contribution in [0.15, 0.2) is 67.0 Å². The van der Waals surface area contributed by atoms with Crippen molar-refractivity contribution in [3.05, 3.63) is 78.4 Å². The normalized spacial score (nSPS) is 18.3. The van der Waals surface area contributed by atoms with E-state index in [0.717, 1.165) is 46.8 Å². The molecule has 1 aliphatic carbocycles. The summed E-state index contributed by atoms with van der Waals surface area (Å²) in [5, 5.41) is 9.34. The fourth-order valence-corrected chi connectivity index (χ4v) is 4.65. The van der Waals surface area contributed by atoms with Crippen LogP contribution in [-0.2, 0) is 11.4 Å². The summed E-state index contributed by atoms with van der Waals surface area (Å²) in [6.07, 6.45) is 6.47. The van der Waals surface area contributed by atoms with Crippen molar-refractivity contribution in [2.24, 2.45) is 5.92 Å². The minimum atomic E-state index is -0.706. The predicted octanol–water partition coefficient (Wildman–Crippen LogP) is 4.92. The molecule has 0 radical (unpaired) electrons. The van der Waals surface area contributed by atoms with Gasteiger partial charge in [-0.05, 0) is 43.4 Å². The van der Waals surface area contributed by atoms with Crippen LogP contribution in [0.2, 0.25) is 0 Å². The minimum Gasteiger partial charge on any atom is -0.489 e. The monoisotopic (exact) mass is 442 g/mol. The molecular formula is C26H26N4O3. The van der Waals surface area contributed by atoms with Crippen LogP contribution in [-0.4, -0.2) is 25.4 Å². The Morgan fingerprint density at radius 2 is 1.88 bits per heavy atom. The van der Waals surface area contributed by atoms with Crippen molar-refractivity contribution in [2.45, 2.75) is 38.2 Å². The number of ether oxygens (including phenoxy) is 1. The molecule has 33 heavy (non-hydrogen) atoms. The number of hydrogen-bond donors (Lipinski definition) is 2. The number of nitrogens with zero attached hydrogens (tertiary/aromatic N) is 3. The summed E-state index contributed by atoms with van der Waals surface area (Å²) in [7, 11) is 0. The van der Waals surface area contributed by atoms with Crippen molar-refractivity contribution in [1.29, 1.82) is 0 Å². The molecule has 5 rings (SSSR count). The van der Waals surface area contributed by atoms with Crippen molar-refractivity contribution in [2.75, 3.05) is 5.73 Å². The number of fused-ring (bicyclic) bond motifs is 1. The Bertz CT molecular complexity index is 1280. The lowest BCUT2D eigenvalue weighted by Crippen LogP contribution is -2.21. The average Bonchev–Trinajstić information content (AvgIpc) is 3.25. The molecule has 1 fully saturated rings. The molecule has 0 aliphatic heterocycles. The zero-order valence-corrected chi connectivity index (χ0v) is 18.2. The molecule has 2 aromatic heterocycles. The first-order chi connectivity index (χ1) is 16.1. The molecule has 0 saturated heterocycles. The standard InChI is InChI=1S/C26H26N4O3/c27-24-23-22(20-7-4-8-21(15-20)33-16-17-5-2-1-3-6-17)29-25(30(23)14-13-28-24)18-9-11-19(12-10-18)26(31)32/h1-8,13-15,18-19H,9-12,16H2,(H2,27,28)(H,31,32). The number of aliphatic carboxylic acids is 1. The summed E-state index contributed by atoms with van der Waals surface area (Å²) in [5.41, 5.74) is 9.83. The Morgan fingerprint density at radius 3 is 2.64 bits per heavy atom. The second-order valence-corrected chi connectivity index (χ2v) is 8.54. The Labute approximate surface area is 191 Å². The van der Waals surface area contributed by atoms with Crippen molar-refractivity contribution < 1.29 is 14.6 Å². The van der Waals surface area contributed by atoms with Gasteiger partial charge in [-0.15, -0.1) is 0 Å². The van der Waals surface area contributed by atoms with Gasteiger partial charge in [0.25, 0.3) is 0 Å². The van der Waals surface area contributed by atoms with E-state index in [4.69, 9.17) is 15.5 Å². The first-order valence-electron chi connectivity index (χ1n) is 11.2. The maximum absolute atomic E-state index is 11.4. The van der Waals surface area contributed by atoms with E-state index in [2.05, 4.69) is 4.98 Å². The molecule has 0 spiro atoms. The van der Waals surface area contributed by atoms with Gasteiger partial charge >= 0.3 is 5.97 Å². The number of benzene rings is 2. The Hall–Kier alpha value is -3.87. The molecule has 0 atom stereocenters. The predicted molar refractivity (Wildman–Crippen MR) is 126 cm³/mol. The molecule has 3 N–H and O–H groups in total. The highest BCUT2D eigenvalue weighted by atomic mass is 16.5. The fourth-order valence-electron chi connectivity index (χ4n) is 4.65. The third-order valence-electron chi connectivity index (χ3n) is 6.41. The molecule has 7 heteroatoms. The van der Waals surface area contributed by atoms with Gasteiger partial charge in [0.2, 0.25) is 0 Å². The summed E-state index contributed by atoms with van der Waals surface area (Å²) >= 11 is 0. The molecule has 168 valence electrons. The molecule has 7 nitrogen and oxygen atoms in total. The van der Waals surface area contributed by atoms with E-state index in [9.17, 15) is 9.90 Å². The van der Waals surface area contributed by atoms with Crippen LogP contribution in [0.3, 0.4) is 0 Å². The van der Waals surface area contributed by atoms with E-state index < -0.39 is 5.97 Å². The smallest absolute Gasteiger partial charge is 0.306 e. The minimum absolute atomic E-state index is 0.182. The number of anilines is 1. The topological polar surface area (TPSA) is 103 Å². The van der Waals surface area contributed by atoms with Crippen molar-refractivity contribution >= 4 is 17.3 Å². The van der Waals surface area contributed by atoms with Crippen LogP contribution >= 0.6 is 0 Å². The van der Waals surface area contributed by atoms with Crippen LogP contribution in [0.1, 0.15) is 43.0 Å². The lowest BCUT2D eigenvalue weighted by molar-refractivity contribution is -0.142. The summed E-state index contributed by atoms with van der Waals surface area (Å²) in [5.74, 6) is 1.29. The van der Waals surface area contributed by atoms with Gasteiger partial charge in [0.1, 0.15) is 35.2 Å². The first-order valence-corrected chi connectivity index (χ1v) is 11.2. The van der Waals surface area contributed by atoms with E-state index in [1.165, 1.54) is 0 Å². The van der Waals surface area contributed by atoms with Gasteiger partial charge in [0.15, 0.2) is 0 Å². The first kappa shape index (κ1) is 21.0. The number of carboxylic acids is 1. The van der Waals surface area contributed by atoms with Crippen LogP contribution in [0, 0.1) is 5.92 Å². The van der Waals surface area contributed by atoms with Crippen molar-refractivity contribution in [3.8, 4) is 17.0 Å². The molecule has 2 aromatic carbocycles. The van der Waals surface area contributed by atoms with E-state index >= 15 is 0 Å². The SMILES string of the molecule is Nc1nccn2c(C3CCC(C(=O)O)CC3)nc(-c3cccc(OCc4ccccc4)c3)c12. The van der Waals surface area contributed by atoms with Gasteiger partial charge < -0.3 is 15.6 Å². The maximum atomic E-state index is 11.4. The zero-order valence-electron chi connectivity index (χ0n) is 18.2. The number of rotatable bonds is 6. The molecule has 2 heterocycles. The second-order valence-electron chi connectivity index (χ2n) is 8.54. The highest BCUT2D eigenvalue weighted by molar-refractivity contribution is 5.85. The summed E-state index contributed by atoms with van der Waals surface area (Å²) in [6.45, 7) is 0.482. The highest BCUT2D eigenvalue weighted by Crippen LogP contribution is 2.39. The van der Waals surface area contributed by atoms with Gasteiger partial charge in [0, 0.05) is 23.9 Å². The highest BCUT2D eigenvalue weighted by Gasteiger charge is 2.30. The van der Waals surface area contributed by atoms with Crippen LogP contribution in [0.5, 0.6) is 5.75 Å². The number of hydrogen-bond acceptors (Lipinski definition) is 5. The van der Waals surface area contributed by atoms with Crippen molar-refractivity contribution in [1.82, 2.24) is 14.4 Å². The molecule has 1 saturated carbocycles. The third-order valence-corrected chi connectivity index (χ3v) is 6.41. The molecule has 4 aromatic rings. The van der Waals surface area contributed by atoms with E-state index in [1.807, 2.05) is 65.2 Å². The Balaban J connectivity index is 1.47.